The second-order valence-corrected chi connectivity index (χ2v) is 9.84. The second kappa shape index (κ2) is 11.0. The summed E-state index contributed by atoms with van der Waals surface area (Å²) in [4.78, 5) is 36.5. The number of phenols is 1. The van der Waals surface area contributed by atoms with Crippen LogP contribution in [-0.2, 0) is 4.79 Å². The van der Waals surface area contributed by atoms with Crippen molar-refractivity contribution in [3.8, 4) is 28.0 Å². The summed E-state index contributed by atoms with van der Waals surface area (Å²) in [6, 6.07) is 21.1. The molecule has 0 radical (unpaired) electrons. The van der Waals surface area contributed by atoms with E-state index in [-0.39, 0.29) is 33.8 Å². The van der Waals surface area contributed by atoms with E-state index in [0.29, 0.717) is 28.1 Å². The molecule has 0 bridgehead atoms. The number of hydrazone groups is 2. The summed E-state index contributed by atoms with van der Waals surface area (Å²) >= 11 is 0. The van der Waals surface area contributed by atoms with Crippen molar-refractivity contribution in [3.05, 3.63) is 101 Å². The second-order valence-electron chi connectivity index (χ2n) is 9.84. The highest BCUT2D eigenvalue weighted by atomic mass is 16.4. The van der Waals surface area contributed by atoms with E-state index in [1.165, 1.54) is 29.3 Å². The zero-order valence-corrected chi connectivity index (χ0v) is 22.9. The van der Waals surface area contributed by atoms with E-state index in [1.54, 1.807) is 49.4 Å². The van der Waals surface area contributed by atoms with Gasteiger partial charge in [-0.25, -0.2) is 9.59 Å². The summed E-state index contributed by atoms with van der Waals surface area (Å²) in [5.41, 5.74) is 7.82. The molecule has 1 heterocycles. The van der Waals surface area contributed by atoms with Crippen molar-refractivity contribution in [3.63, 3.8) is 0 Å². The number of anilines is 2. The van der Waals surface area contributed by atoms with Crippen LogP contribution in [0.3, 0.4) is 0 Å². The lowest BCUT2D eigenvalue weighted by Crippen LogP contribution is -2.28. The number of aromatic hydroxyl groups is 1. The number of carboxylic acid groups (broad SMARTS) is 2. The molecule has 210 valence electrons. The third-order valence-corrected chi connectivity index (χ3v) is 6.98. The summed E-state index contributed by atoms with van der Waals surface area (Å²) in [6.45, 7) is 5.56. The van der Waals surface area contributed by atoms with Crippen molar-refractivity contribution in [1.82, 2.24) is 0 Å². The third-order valence-electron chi connectivity index (χ3n) is 6.98. The highest BCUT2D eigenvalue weighted by Gasteiger charge is 2.31. The number of aryl methyl sites for hydroxylation is 2. The monoisotopic (exact) mass is 562 g/mol. The fraction of sp³-hybridized carbons (Fsp3) is 0.0938. The molecule has 4 aromatic carbocycles. The first-order chi connectivity index (χ1) is 20.0. The van der Waals surface area contributed by atoms with Gasteiger partial charge in [0, 0.05) is 5.56 Å². The van der Waals surface area contributed by atoms with E-state index >= 15 is 0 Å². The van der Waals surface area contributed by atoms with Crippen molar-refractivity contribution in [1.29, 1.82) is 0 Å². The highest BCUT2D eigenvalue weighted by molar-refractivity contribution is 6.71. The number of aromatic carboxylic acids is 2. The van der Waals surface area contributed by atoms with E-state index in [2.05, 4.69) is 15.6 Å². The van der Waals surface area contributed by atoms with Crippen LogP contribution in [0.4, 0.5) is 11.4 Å². The van der Waals surface area contributed by atoms with E-state index in [9.17, 15) is 29.7 Å². The predicted molar refractivity (Wildman–Crippen MR) is 160 cm³/mol. The molecular formula is C32H26N4O6. The van der Waals surface area contributed by atoms with Crippen LogP contribution in [-0.4, -0.2) is 44.6 Å². The zero-order chi connectivity index (χ0) is 30.1. The Morgan fingerprint density at radius 2 is 1.43 bits per heavy atom. The van der Waals surface area contributed by atoms with Gasteiger partial charge in [-0.1, -0.05) is 30.3 Å². The van der Waals surface area contributed by atoms with Gasteiger partial charge < -0.3 is 15.3 Å². The molecule has 0 fully saturated rings. The van der Waals surface area contributed by atoms with Gasteiger partial charge in [-0.3, -0.25) is 10.2 Å². The molecule has 0 unspecified atom stereocenters. The zero-order valence-electron chi connectivity index (χ0n) is 22.9. The molecule has 0 spiro atoms. The van der Waals surface area contributed by atoms with Crippen LogP contribution in [0.1, 0.15) is 38.8 Å². The number of carboxylic acids is 2. The molecule has 1 aliphatic heterocycles. The van der Waals surface area contributed by atoms with Crippen molar-refractivity contribution in [2.45, 2.75) is 20.8 Å². The molecule has 10 heteroatoms. The van der Waals surface area contributed by atoms with Crippen molar-refractivity contribution < 1.29 is 29.7 Å². The molecule has 1 amide bonds. The van der Waals surface area contributed by atoms with Crippen LogP contribution in [0.2, 0.25) is 0 Å². The maximum absolute atomic E-state index is 13.3. The molecule has 0 atom stereocenters. The number of carbonyl (C=O) groups is 3. The van der Waals surface area contributed by atoms with Crippen LogP contribution in [0.5, 0.6) is 5.75 Å². The van der Waals surface area contributed by atoms with Crippen LogP contribution < -0.4 is 10.4 Å². The van der Waals surface area contributed by atoms with Gasteiger partial charge in [-0.05, 0) is 97.1 Å². The van der Waals surface area contributed by atoms with Gasteiger partial charge >= 0.3 is 17.8 Å². The third kappa shape index (κ3) is 5.33. The van der Waals surface area contributed by atoms with E-state index in [1.807, 2.05) is 26.0 Å². The minimum absolute atomic E-state index is 0.0229. The number of amides is 1. The summed E-state index contributed by atoms with van der Waals surface area (Å²) < 4.78 is 0. The Morgan fingerprint density at radius 3 is 2.07 bits per heavy atom. The number of phenolic OH excluding ortho intramolecular Hbond substituents is 1. The summed E-state index contributed by atoms with van der Waals surface area (Å²) in [5.74, 6) is -2.93. The molecule has 10 nitrogen and oxygen atoms in total. The van der Waals surface area contributed by atoms with Crippen molar-refractivity contribution in [2.24, 2.45) is 10.2 Å². The highest BCUT2D eigenvalue weighted by Crippen LogP contribution is 2.40. The Kier molecular flexibility index (Phi) is 7.28. The number of nitrogens with zero attached hydrogens (tertiary/aromatic N) is 3. The number of rotatable bonds is 7. The van der Waals surface area contributed by atoms with E-state index in [0.717, 1.165) is 11.1 Å². The molecule has 5 rings (SSSR count). The van der Waals surface area contributed by atoms with Gasteiger partial charge in [0.25, 0.3) is 0 Å². The van der Waals surface area contributed by atoms with Crippen LogP contribution in [0.25, 0.3) is 22.3 Å². The largest absolute Gasteiger partial charge is 0.505 e. The summed E-state index contributed by atoms with van der Waals surface area (Å²) in [5, 5.41) is 40.2. The maximum atomic E-state index is 13.3. The van der Waals surface area contributed by atoms with E-state index < -0.39 is 17.8 Å². The van der Waals surface area contributed by atoms with Gasteiger partial charge in [0.2, 0.25) is 0 Å². The first-order valence-electron chi connectivity index (χ1n) is 12.9. The molecule has 0 aromatic heterocycles. The van der Waals surface area contributed by atoms with Crippen LogP contribution >= 0.6 is 0 Å². The SMILES string of the molecule is CC1=NN(c2ccc(C)c(C)c2)C(=O)C1=NNc1cc(-c2cccc(C(=O)O)c2)cc(-c2cccc(C(=O)O)c2)c1O. The molecular weight excluding hydrogens is 536 g/mol. The van der Waals surface area contributed by atoms with Gasteiger partial charge in [-0.2, -0.15) is 15.2 Å². The lowest BCUT2D eigenvalue weighted by molar-refractivity contribution is -0.112. The lowest BCUT2D eigenvalue weighted by Gasteiger charge is -2.15. The average Bonchev–Trinajstić information content (AvgIpc) is 3.26. The Morgan fingerprint density at radius 1 is 0.786 bits per heavy atom. The van der Waals surface area contributed by atoms with Gasteiger partial charge in [-0.15, -0.1) is 0 Å². The lowest BCUT2D eigenvalue weighted by atomic mass is 9.95. The minimum atomic E-state index is -1.13. The Hall–Kier alpha value is -5.77. The average molecular weight is 563 g/mol. The first kappa shape index (κ1) is 27.8. The van der Waals surface area contributed by atoms with Crippen LogP contribution in [0.15, 0.2) is 89.1 Å². The van der Waals surface area contributed by atoms with Gasteiger partial charge in [0.15, 0.2) is 5.71 Å². The Labute approximate surface area is 240 Å². The summed E-state index contributed by atoms with van der Waals surface area (Å²) in [7, 11) is 0. The molecule has 0 saturated heterocycles. The number of hydrogen-bond donors (Lipinski definition) is 4. The Balaban J connectivity index is 1.58. The van der Waals surface area contributed by atoms with Gasteiger partial charge in [0.05, 0.1) is 28.2 Å². The summed E-state index contributed by atoms with van der Waals surface area (Å²) in [6.07, 6.45) is 0. The quantitative estimate of drug-likeness (QED) is 0.161. The normalized spacial score (nSPS) is 13.8. The van der Waals surface area contributed by atoms with Crippen molar-refractivity contribution >= 4 is 40.6 Å². The maximum Gasteiger partial charge on any atom is 0.335 e. The fourth-order valence-electron chi connectivity index (χ4n) is 4.53. The first-order valence-corrected chi connectivity index (χ1v) is 12.9. The minimum Gasteiger partial charge on any atom is -0.505 e. The van der Waals surface area contributed by atoms with Crippen LogP contribution in [0, 0.1) is 13.8 Å². The molecule has 1 aliphatic rings. The molecule has 4 N–H and O–H groups in total. The van der Waals surface area contributed by atoms with Gasteiger partial charge in [0.1, 0.15) is 5.75 Å². The number of carbonyl (C=O) groups excluding carboxylic acids is 1. The smallest absolute Gasteiger partial charge is 0.335 e. The molecule has 0 saturated carbocycles. The fourth-order valence-corrected chi connectivity index (χ4v) is 4.53. The Bertz CT molecular complexity index is 1840. The number of nitrogens with one attached hydrogen (secondary N) is 1. The number of benzene rings is 4. The topological polar surface area (TPSA) is 152 Å². The van der Waals surface area contributed by atoms with Crippen molar-refractivity contribution in [2.75, 3.05) is 10.4 Å². The van der Waals surface area contributed by atoms with E-state index in [4.69, 9.17) is 0 Å². The molecule has 0 aliphatic carbocycles. The predicted octanol–water partition coefficient (Wildman–Crippen LogP) is 5.93. The standard InChI is InChI=1S/C32H26N4O6/c1-17-10-11-25(12-18(17)2)36-30(38)28(19(3)35-36)34-33-27-16-24(20-6-4-8-22(13-20)31(39)40)15-26(29(27)37)21-7-5-9-23(14-21)32(41)42/h4-16,33,37H,1-3H3,(H,39,40)(H,41,42). The molecule has 42 heavy (non-hydrogen) atoms. The molecule has 4 aromatic rings. The number of hydrogen-bond acceptors (Lipinski definition) is 7.